The summed E-state index contributed by atoms with van der Waals surface area (Å²) in [4.78, 5) is 0. The van der Waals surface area contributed by atoms with E-state index in [1.54, 1.807) is 0 Å². The summed E-state index contributed by atoms with van der Waals surface area (Å²) >= 11 is 14.3. The van der Waals surface area contributed by atoms with Crippen LogP contribution in [-0.2, 0) is 0 Å². The summed E-state index contributed by atoms with van der Waals surface area (Å²) in [6.45, 7) is 4.41. The van der Waals surface area contributed by atoms with Crippen LogP contribution < -0.4 is 0 Å². The summed E-state index contributed by atoms with van der Waals surface area (Å²) in [5, 5.41) is 1.98. The SMILES string of the molecule is C[C@](Br)(CBr)CC[C@@](C)(Br)CBr. The van der Waals surface area contributed by atoms with E-state index in [-0.39, 0.29) is 8.65 Å². The number of halogens is 4. The first-order valence-corrected chi connectivity index (χ1v) is 7.66. The van der Waals surface area contributed by atoms with Gasteiger partial charge in [-0.05, 0) is 26.7 Å². The standard InChI is InChI=1S/C8H14Br4/c1-7(11,5-9)3-4-8(2,12)6-10/h3-6H2,1-2H3/t7-,8-/m1/s1. The van der Waals surface area contributed by atoms with Crippen molar-refractivity contribution in [2.45, 2.75) is 35.3 Å². The third-order valence-electron chi connectivity index (χ3n) is 1.72. The molecular formula is C8H14Br4. The number of hydrogen-bond donors (Lipinski definition) is 0. The molecule has 0 rings (SSSR count). The first-order valence-electron chi connectivity index (χ1n) is 3.83. The van der Waals surface area contributed by atoms with E-state index in [0.29, 0.717) is 0 Å². The lowest BCUT2D eigenvalue weighted by molar-refractivity contribution is 0.559. The fourth-order valence-corrected chi connectivity index (χ4v) is 1.61. The predicted octanol–water partition coefficient (Wildman–Crippen LogP) is 4.86. The first-order chi connectivity index (χ1) is 5.33. The summed E-state index contributed by atoms with van der Waals surface area (Å²) in [6, 6.07) is 0. The van der Waals surface area contributed by atoms with Gasteiger partial charge in [-0.1, -0.05) is 63.7 Å². The lowest BCUT2D eigenvalue weighted by Gasteiger charge is -2.25. The average Bonchev–Trinajstić information content (AvgIpc) is 2.02. The molecular weight excluding hydrogens is 416 g/mol. The van der Waals surface area contributed by atoms with E-state index in [1.807, 2.05) is 0 Å². The highest BCUT2D eigenvalue weighted by atomic mass is 79.9. The number of alkyl halides is 4. The predicted molar refractivity (Wildman–Crippen MR) is 71.5 cm³/mol. The maximum atomic E-state index is 3.68. The molecule has 74 valence electrons. The Balaban J connectivity index is 3.82. The monoisotopic (exact) mass is 426 g/mol. The maximum absolute atomic E-state index is 3.68. The Bertz CT molecular complexity index is 115. The molecule has 0 aromatic rings. The van der Waals surface area contributed by atoms with Gasteiger partial charge in [-0.25, -0.2) is 0 Å². The van der Waals surface area contributed by atoms with Crippen LogP contribution in [0.15, 0.2) is 0 Å². The summed E-state index contributed by atoms with van der Waals surface area (Å²) in [6.07, 6.45) is 2.32. The highest BCUT2D eigenvalue weighted by molar-refractivity contribution is 9.12. The molecule has 0 aliphatic heterocycles. The van der Waals surface area contributed by atoms with E-state index in [2.05, 4.69) is 77.6 Å². The van der Waals surface area contributed by atoms with Gasteiger partial charge in [0.05, 0.1) is 0 Å². The second-order valence-electron chi connectivity index (χ2n) is 3.59. The molecule has 12 heavy (non-hydrogen) atoms. The average molecular weight is 430 g/mol. The molecule has 0 aliphatic carbocycles. The van der Waals surface area contributed by atoms with Crippen LogP contribution in [0.5, 0.6) is 0 Å². The highest BCUT2D eigenvalue weighted by Gasteiger charge is 2.25. The van der Waals surface area contributed by atoms with Crippen LogP contribution >= 0.6 is 63.7 Å². The molecule has 0 saturated carbocycles. The van der Waals surface area contributed by atoms with E-state index >= 15 is 0 Å². The van der Waals surface area contributed by atoms with E-state index in [1.165, 1.54) is 0 Å². The molecule has 2 atom stereocenters. The Kier molecular flexibility index (Phi) is 6.63. The van der Waals surface area contributed by atoms with Gasteiger partial charge in [0.25, 0.3) is 0 Å². The summed E-state index contributed by atoms with van der Waals surface area (Å²) in [5.41, 5.74) is 0. The van der Waals surface area contributed by atoms with E-state index in [9.17, 15) is 0 Å². The Morgan fingerprint density at radius 2 is 1.08 bits per heavy atom. The molecule has 0 fully saturated rings. The molecule has 4 heteroatoms. The molecule has 0 heterocycles. The van der Waals surface area contributed by atoms with Gasteiger partial charge >= 0.3 is 0 Å². The second-order valence-corrected chi connectivity index (χ2v) is 8.54. The quantitative estimate of drug-likeness (QED) is 0.547. The van der Waals surface area contributed by atoms with Crippen LogP contribution in [-0.4, -0.2) is 19.3 Å². The van der Waals surface area contributed by atoms with Crippen molar-refractivity contribution in [3.63, 3.8) is 0 Å². The fourth-order valence-electron chi connectivity index (χ4n) is 0.655. The van der Waals surface area contributed by atoms with Crippen LogP contribution in [0.25, 0.3) is 0 Å². The molecule has 0 spiro atoms. The van der Waals surface area contributed by atoms with Crippen molar-refractivity contribution in [2.24, 2.45) is 0 Å². The topological polar surface area (TPSA) is 0 Å². The molecule has 0 nitrogen and oxygen atoms in total. The van der Waals surface area contributed by atoms with Crippen LogP contribution in [0.1, 0.15) is 26.7 Å². The van der Waals surface area contributed by atoms with Gasteiger partial charge in [-0.3, -0.25) is 0 Å². The van der Waals surface area contributed by atoms with Crippen molar-refractivity contribution >= 4 is 63.7 Å². The van der Waals surface area contributed by atoms with Crippen molar-refractivity contribution in [1.82, 2.24) is 0 Å². The minimum atomic E-state index is 0.226. The van der Waals surface area contributed by atoms with Gasteiger partial charge in [0.1, 0.15) is 0 Å². The maximum Gasteiger partial charge on any atom is 0.0327 e. The molecule has 0 unspecified atom stereocenters. The normalized spacial score (nSPS) is 21.5. The molecule has 0 aliphatic rings. The zero-order valence-corrected chi connectivity index (χ0v) is 13.7. The first kappa shape index (κ1) is 13.9. The van der Waals surface area contributed by atoms with E-state index in [4.69, 9.17) is 0 Å². The van der Waals surface area contributed by atoms with Crippen molar-refractivity contribution in [3.8, 4) is 0 Å². The van der Waals surface area contributed by atoms with E-state index < -0.39 is 0 Å². The van der Waals surface area contributed by atoms with Crippen molar-refractivity contribution < 1.29 is 0 Å². The zero-order valence-electron chi connectivity index (χ0n) is 7.34. The molecule has 0 N–H and O–H groups in total. The van der Waals surface area contributed by atoms with Crippen LogP contribution in [0.2, 0.25) is 0 Å². The van der Waals surface area contributed by atoms with Gasteiger partial charge in [-0.15, -0.1) is 0 Å². The minimum Gasteiger partial charge on any atom is -0.0913 e. The van der Waals surface area contributed by atoms with Gasteiger partial charge in [0, 0.05) is 19.3 Å². The van der Waals surface area contributed by atoms with Crippen molar-refractivity contribution in [1.29, 1.82) is 0 Å². The summed E-state index contributed by atoms with van der Waals surface area (Å²) in [7, 11) is 0. The van der Waals surface area contributed by atoms with Crippen LogP contribution in [0.4, 0.5) is 0 Å². The third-order valence-corrected chi connectivity index (χ3v) is 7.06. The summed E-state index contributed by atoms with van der Waals surface area (Å²) in [5.74, 6) is 0. The Morgan fingerprint density at radius 3 is 1.25 bits per heavy atom. The van der Waals surface area contributed by atoms with Gasteiger partial charge < -0.3 is 0 Å². The Hall–Kier alpha value is 1.92. The molecule has 0 radical (unpaired) electrons. The largest absolute Gasteiger partial charge is 0.0913 e. The Morgan fingerprint density at radius 1 is 0.833 bits per heavy atom. The van der Waals surface area contributed by atoms with Crippen molar-refractivity contribution in [2.75, 3.05) is 10.7 Å². The van der Waals surface area contributed by atoms with Gasteiger partial charge in [0.15, 0.2) is 0 Å². The molecule has 0 aromatic carbocycles. The van der Waals surface area contributed by atoms with Gasteiger partial charge in [-0.2, -0.15) is 0 Å². The van der Waals surface area contributed by atoms with Crippen LogP contribution in [0.3, 0.4) is 0 Å². The van der Waals surface area contributed by atoms with Crippen LogP contribution in [0, 0.1) is 0 Å². The number of rotatable bonds is 5. The summed E-state index contributed by atoms with van der Waals surface area (Å²) < 4.78 is 0.453. The minimum absolute atomic E-state index is 0.226. The fraction of sp³-hybridized carbons (Fsp3) is 1.00. The van der Waals surface area contributed by atoms with Crippen molar-refractivity contribution in [3.05, 3.63) is 0 Å². The molecule has 0 amide bonds. The van der Waals surface area contributed by atoms with Gasteiger partial charge in [0.2, 0.25) is 0 Å². The molecule has 0 saturated heterocycles. The molecule has 0 aromatic heterocycles. The smallest absolute Gasteiger partial charge is 0.0327 e. The molecule has 0 bridgehead atoms. The third kappa shape index (κ3) is 6.39. The zero-order chi connectivity index (χ0) is 9.83. The number of hydrogen-bond acceptors (Lipinski definition) is 0. The lowest BCUT2D eigenvalue weighted by Crippen LogP contribution is -2.25. The van der Waals surface area contributed by atoms with E-state index in [0.717, 1.165) is 23.5 Å². The highest BCUT2D eigenvalue weighted by Crippen LogP contribution is 2.33. The Labute approximate surface area is 109 Å². The lowest BCUT2D eigenvalue weighted by atomic mass is 10.0. The second kappa shape index (κ2) is 5.72.